The molecule has 33 heavy (non-hydrogen) atoms. The largest absolute Gasteiger partial charge is 0.496 e. The summed E-state index contributed by atoms with van der Waals surface area (Å²) in [6.07, 6.45) is 0.747. The molecule has 0 fully saturated rings. The average Bonchev–Trinajstić information content (AvgIpc) is 3.12. The number of sulfonamides is 1. The van der Waals surface area contributed by atoms with Gasteiger partial charge in [-0.3, -0.25) is 0 Å². The highest BCUT2D eigenvalue weighted by atomic mass is 32.2. The number of nitrogens with one attached hydrogen (secondary N) is 1. The van der Waals surface area contributed by atoms with Crippen molar-refractivity contribution in [3.63, 3.8) is 0 Å². The molecule has 0 amide bonds. The van der Waals surface area contributed by atoms with Gasteiger partial charge in [0, 0.05) is 27.6 Å². The zero-order chi connectivity index (χ0) is 22.8. The van der Waals surface area contributed by atoms with Crippen LogP contribution in [0.3, 0.4) is 0 Å². The second kappa shape index (κ2) is 9.05. The van der Waals surface area contributed by atoms with E-state index in [1.165, 1.54) is 6.07 Å². The third-order valence-corrected chi connectivity index (χ3v) is 8.08. The van der Waals surface area contributed by atoms with Crippen LogP contribution in [0.2, 0.25) is 0 Å². The summed E-state index contributed by atoms with van der Waals surface area (Å²) in [5, 5.41) is 1.06. The van der Waals surface area contributed by atoms with Crippen LogP contribution >= 0.6 is 11.3 Å². The molecule has 0 saturated carbocycles. The number of hydrogen-bond acceptors (Lipinski definition) is 6. The summed E-state index contributed by atoms with van der Waals surface area (Å²) in [5.74, 6) is 1.60. The van der Waals surface area contributed by atoms with E-state index < -0.39 is 16.1 Å². The third-order valence-electron chi connectivity index (χ3n) is 5.48. The molecule has 8 heteroatoms. The molecule has 1 atom stereocenters. The summed E-state index contributed by atoms with van der Waals surface area (Å²) >= 11 is 1.55. The van der Waals surface area contributed by atoms with Crippen molar-refractivity contribution >= 4 is 31.4 Å². The fraction of sp³-hybridized carbons (Fsp3) is 0.200. The molecule has 1 unspecified atom stereocenters. The fourth-order valence-corrected chi connectivity index (χ4v) is 6.28. The number of hydrogen-bond donors (Lipinski definition) is 1. The van der Waals surface area contributed by atoms with Crippen LogP contribution in [0.4, 0.5) is 0 Å². The average molecular weight is 482 g/mol. The Hall–Kier alpha value is -3.07. The Morgan fingerprint density at radius 1 is 0.939 bits per heavy atom. The molecular formula is C25H23NO5S2. The molecule has 1 aromatic heterocycles. The summed E-state index contributed by atoms with van der Waals surface area (Å²) in [7, 11) is -2.32. The van der Waals surface area contributed by atoms with Crippen LogP contribution in [0.15, 0.2) is 77.7 Å². The lowest BCUT2D eigenvalue weighted by molar-refractivity contribution is 0.297. The van der Waals surface area contributed by atoms with Crippen molar-refractivity contribution in [1.29, 1.82) is 0 Å². The molecule has 170 valence electrons. The minimum atomic E-state index is -3.90. The molecule has 5 rings (SSSR count). The summed E-state index contributed by atoms with van der Waals surface area (Å²) in [5.41, 5.74) is 0.740. The second-order valence-corrected chi connectivity index (χ2v) is 10.5. The molecule has 1 aliphatic rings. The van der Waals surface area contributed by atoms with Gasteiger partial charge in [0.15, 0.2) is 11.5 Å². The predicted octanol–water partition coefficient (Wildman–Crippen LogP) is 5.14. The Balaban J connectivity index is 1.57. The Morgan fingerprint density at radius 2 is 1.70 bits per heavy atom. The predicted molar refractivity (Wildman–Crippen MR) is 129 cm³/mol. The lowest BCUT2D eigenvalue weighted by Crippen LogP contribution is -2.29. The Labute approximate surface area is 196 Å². The maximum absolute atomic E-state index is 13.5. The second-order valence-electron chi connectivity index (χ2n) is 7.64. The maximum Gasteiger partial charge on any atom is 0.241 e. The first-order chi connectivity index (χ1) is 16.0. The number of ether oxygens (including phenoxy) is 3. The van der Waals surface area contributed by atoms with Gasteiger partial charge in [0.25, 0.3) is 0 Å². The quantitative estimate of drug-likeness (QED) is 0.413. The third kappa shape index (κ3) is 4.42. The molecule has 1 N–H and O–H groups in total. The standard InChI is InChI=1S/C25H23NO5S2/c1-29-20-9-4-3-8-19(20)25(24-15-17-7-2-5-10-23(17)32-24)26-33(27,28)18-11-12-21-22(16-18)31-14-6-13-30-21/h2-5,7-12,15-16,25-26H,6,13-14H2,1H3. The van der Waals surface area contributed by atoms with E-state index in [9.17, 15) is 8.42 Å². The highest BCUT2D eigenvalue weighted by molar-refractivity contribution is 7.89. The Morgan fingerprint density at radius 3 is 2.52 bits per heavy atom. The first-order valence-corrected chi connectivity index (χ1v) is 12.9. The molecule has 0 saturated heterocycles. The van der Waals surface area contributed by atoms with Crippen LogP contribution in [-0.2, 0) is 10.0 Å². The van der Waals surface area contributed by atoms with Gasteiger partial charge in [-0.1, -0.05) is 36.4 Å². The number of fused-ring (bicyclic) bond motifs is 2. The number of rotatable bonds is 6. The Kier molecular flexibility index (Phi) is 5.97. The van der Waals surface area contributed by atoms with Gasteiger partial charge in [-0.05, 0) is 35.7 Å². The fourth-order valence-electron chi connectivity index (χ4n) is 3.86. The molecule has 3 aromatic carbocycles. The van der Waals surface area contributed by atoms with E-state index in [1.807, 2.05) is 54.6 Å². The van der Waals surface area contributed by atoms with Crippen LogP contribution < -0.4 is 18.9 Å². The molecule has 2 heterocycles. The summed E-state index contributed by atoms with van der Waals surface area (Å²) in [4.78, 5) is 0.992. The van der Waals surface area contributed by atoms with E-state index >= 15 is 0 Å². The zero-order valence-electron chi connectivity index (χ0n) is 18.0. The Bertz CT molecular complexity index is 1360. The number of para-hydroxylation sites is 1. The SMILES string of the molecule is COc1ccccc1C(NS(=O)(=O)c1ccc2c(c1)OCCCO2)c1cc2ccccc2s1. The summed E-state index contributed by atoms with van der Waals surface area (Å²) in [6, 6.07) is 21.5. The molecule has 0 radical (unpaired) electrons. The minimum Gasteiger partial charge on any atom is -0.496 e. The maximum atomic E-state index is 13.5. The summed E-state index contributed by atoms with van der Waals surface area (Å²) < 4.78 is 48.0. The highest BCUT2D eigenvalue weighted by Gasteiger charge is 2.28. The van der Waals surface area contributed by atoms with Gasteiger partial charge in [-0.15, -0.1) is 11.3 Å². The van der Waals surface area contributed by atoms with Crippen molar-refractivity contribution in [2.75, 3.05) is 20.3 Å². The molecule has 6 nitrogen and oxygen atoms in total. The van der Waals surface area contributed by atoms with Gasteiger partial charge < -0.3 is 14.2 Å². The molecule has 0 aliphatic carbocycles. The molecule has 4 aromatic rings. The van der Waals surface area contributed by atoms with Crippen molar-refractivity contribution in [3.05, 3.63) is 83.2 Å². The van der Waals surface area contributed by atoms with E-state index in [2.05, 4.69) is 4.72 Å². The summed E-state index contributed by atoms with van der Waals surface area (Å²) in [6.45, 7) is 1.02. The van der Waals surface area contributed by atoms with Crippen LogP contribution in [0.25, 0.3) is 10.1 Å². The first-order valence-electron chi connectivity index (χ1n) is 10.6. The number of methoxy groups -OCH3 is 1. The van der Waals surface area contributed by atoms with Crippen LogP contribution in [-0.4, -0.2) is 28.7 Å². The number of benzene rings is 3. The van der Waals surface area contributed by atoms with Gasteiger partial charge in [-0.25, -0.2) is 8.42 Å². The molecule has 0 bridgehead atoms. The van der Waals surface area contributed by atoms with Crippen LogP contribution in [0.1, 0.15) is 22.9 Å². The van der Waals surface area contributed by atoms with Gasteiger partial charge in [0.1, 0.15) is 5.75 Å². The van der Waals surface area contributed by atoms with Crippen LogP contribution in [0, 0.1) is 0 Å². The van der Waals surface area contributed by atoms with E-state index in [4.69, 9.17) is 14.2 Å². The zero-order valence-corrected chi connectivity index (χ0v) is 19.6. The van der Waals surface area contributed by atoms with Crippen LogP contribution in [0.5, 0.6) is 17.2 Å². The van der Waals surface area contributed by atoms with Gasteiger partial charge in [0.05, 0.1) is 31.3 Å². The van der Waals surface area contributed by atoms with Crippen molar-refractivity contribution < 1.29 is 22.6 Å². The van der Waals surface area contributed by atoms with Gasteiger partial charge >= 0.3 is 0 Å². The monoisotopic (exact) mass is 481 g/mol. The van der Waals surface area contributed by atoms with Crippen molar-refractivity contribution in [3.8, 4) is 17.2 Å². The molecule has 1 aliphatic heterocycles. The topological polar surface area (TPSA) is 73.9 Å². The molecular weight excluding hydrogens is 458 g/mol. The minimum absolute atomic E-state index is 0.118. The van der Waals surface area contributed by atoms with Gasteiger partial charge in [0.2, 0.25) is 10.0 Å². The van der Waals surface area contributed by atoms with E-state index in [-0.39, 0.29) is 4.90 Å². The highest BCUT2D eigenvalue weighted by Crippen LogP contribution is 2.38. The van der Waals surface area contributed by atoms with Crippen molar-refractivity contribution in [2.24, 2.45) is 0 Å². The van der Waals surface area contributed by atoms with Crippen molar-refractivity contribution in [2.45, 2.75) is 17.4 Å². The van der Waals surface area contributed by atoms with Crippen molar-refractivity contribution in [1.82, 2.24) is 4.72 Å². The first kappa shape index (κ1) is 21.8. The van der Waals surface area contributed by atoms with Gasteiger partial charge in [-0.2, -0.15) is 4.72 Å². The molecule has 0 spiro atoms. The van der Waals surface area contributed by atoms with E-state index in [0.29, 0.717) is 30.5 Å². The lowest BCUT2D eigenvalue weighted by atomic mass is 10.0. The number of thiophene rings is 1. The van der Waals surface area contributed by atoms with E-state index in [1.54, 1.807) is 30.6 Å². The normalized spacial score (nSPS) is 14.6. The smallest absolute Gasteiger partial charge is 0.241 e. The lowest BCUT2D eigenvalue weighted by Gasteiger charge is -2.21. The van der Waals surface area contributed by atoms with E-state index in [0.717, 1.165) is 26.9 Å².